The second kappa shape index (κ2) is 9.14. The van der Waals surface area contributed by atoms with Gasteiger partial charge < -0.3 is 9.47 Å². The minimum Gasteiger partial charge on any atom is -0.352 e. The molecule has 0 aliphatic heterocycles. The standard InChI is InChI=1S/C24H37F7O2/c1-13(2)18-7-6-14(3)8-20(18)32-12-33-22(23(26,27)28,24(29,30)31)11-21(25)10-17-9-19(21)16(5)15(17)4/h13-20H,6-12H2,1-5H3. The van der Waals surface area contributed by atoms with Crippen LogP contribution >= 0.6 is 0 Å². The molecule has 0 spiro atoms. The fourth-order valence-corrected chi connectivity index (χ4v) is 6.81. The molecule has 194 valence electrons. The van der Waals surface area contributed by atoms with Gasteiger partial charge in [0, 0.05) is 6.42 Å². The first-order chi connectivity index (χ1) is 15.0. The molecule has 3 aliphatic carbocycles. The zero-order valence-electron chi connectivity index (χ0n) is 20.0. The van der Waals surface area contributed by atoms with E-state index in [-0.39, 0.29) is 41.9 Å². The molecule has 0 amide bonds. The molecule has 33 heavy (non-hydrogen) atoms. The Bertz CT molecular complexity index is 661. The van der Waals surface area contributed by atoms with Crippen LogP contribution in [0.2, 0.25) is 0 Å². The third kappa shape index (κ3) is 4.91. The molecular formula is C24H37F7O2. The Hall–Kier alpha value is -0.570. The van der Waals surface area contributed by atoms with Crippen molar-refractivity contribution in [2.24, 2.45) is 41.4 Å². The monoisotopic (exact) mass is 490 g/mol. The van der Waals surface area contributed by atoms with Crippen LogP contribution in [-0.2, 0) is 9.47 Å². The van der Waals surface area contributed by atoms with E-state index in [9.17, 15) is 26.3 Å². The van der Waals surface area contributed by atoms with Gasteiger partial charge in [-0.05, 0) is 67.1 Å². The van der Waals surface area contributed by atoms with Crippen LogP contribution in [0, 0.1) is 41.4 Å². The van der Waals surface area contributed by atoms with Crippen LogP contribution in [0.3, 0.4) is 0 Å². The number of rotatable bonds is 7. The first-order valence-corrected chi connectivity index (χ1v) is 12.1. The highest BCUT2D eigenvalue weighted by Gasteiger charge is 2.76. The molecule has 0 saturated heterocycles. The van der Waals surface area contributed by atoms with Gasteiger partial charge in [0.2, 0.25) is 0 Å². The minimum atomic E-state index is -5.83. The molecule has 2 bridgehead atoms. The highest BCUT2D eigenvalue weighted by atomic mass is 19.4. The summed E-state index contributed by atoms with van der Waals surface area (Å²) in [5.41, 5.74) is -7.18. The normalized spacial score (nSPS) is 40.1. The van der Waals surface area contributed by atoms with Crippen LogP contribution in [0.4, 0.5) is 30.7 Å². The average molecular weight is 491 g/mol. The molecule has 0 N–H and O–H groups in total. The van der Waals surface area contributed by atoms with Crippen LogP contribution in [0.1, 0.15) is 73.1 Å². The van der Waals surface area contributed by atoms with Gasteiger partial charge in [0.15, 0.2) is 0 Å². The van der Waals surface area contributed by atoms with Crippen molar-refractivity contribution >= 4 is 0 Å². The Balaban J connectivity index is 1.82. The van der Waals surface area contributed by atoms with Crippen molar-refractivity contribution in [3.63, 3.8) is 0 Å². The Labute approximate surface area is 192 Å². The fourth-order valence-electron chi connectivity index (χ4n) is 6.81. The molecular weight excluding hydrogens is 453 g/mol. The lowest BCUT2D eigenvalue weighted by atomic mass is 9.69. The third-order valence-corrected chi connectivity index (χ3v) is 9.04. The summed E-state index contributed by atoms with van der Waals surface area (Å²) in [6, 6.07) is 0. The maximum Gasteiger partial charge on any atom is 0.426 e. The van der Waals surface area contributed by atoms with Gasteiger partial charge in [0.25, 0.3) is 5.60 Å². The summed E-state index contributed by atoms with van der Waals surface area (Å²) < 4.78 is 110. The summed E-state index contributed by atoms with van der Waals surface area (Å²) >= 11 is 0. The van der Waals surface area contributed by atoms with E-state index in [2.05, 4.69) is 4.74 Å². The van der Waals surface area contributed by atoms with E-state index < -0.39 is 48.9 Å². The lowest BCUT2D eigenvalue weighted by molar-refractivity contribution is -0.404. The summed E-state index contributed by atoms with van der Waals surface area (Å²) in [6.45, 7) is 8.32. The zero-order chi connectivity index (χ0) is 25.0. The molecule has 3 fully saturated rings. The van der Waals surface area contributed by atoms with E-state index >= 15 is 4.39 Å². The number of alkyl halides is 7. The van der Waals surface area contributed by atoms with Crippen molar-refractivity contribution in [3.05, 3.63) is 0 Å². The average Bonchev–Trinajstić information content (AvgIpc) is 3.14. The van der Waals surface area contributed by atoms with Crippen LogP contribution in [0.15, 0.2) is 0 Å². The van der Waals surface area contributed by atoms with Gasteiger partial charge in [0.05, 0.1) is 6.10 Å². The van der Waals surface area contributed by atoms with E-state index in [4.69, 9.17) is 4.74 Å². The molecule has 0 aromatic rings. The van der Waals surface area contributed by atoms with E-state index in [1.54, 1.807) is 6.92 Å². The van der Waals surface area contributed by atoms with E-state index in [0.717, 1.165) is 12.8 Å². The summed E-state index contributed by atoms with van der Waals surface area (Å²) in [4.78, 5) is 0. The lowest BCUT2D eigenvalue weighted by Gasteiger charge is -2.45. The molecule has 3 aliphatic rings. The third-order valence-electron chi connectivity index (χ3n) is 9.04. The number of ether oxygens (including phenoxy) is 2. The Morgan fingerprint density at radius 3 is 2.00 bits per heavy atom. The highest BCUT2D eigenvalue weighted by molar-refractivity contribution is 5.12. The van der Waals surface area contributed by atoms with Gasteiger partial charge in [0.1, 0.15) is 12.5 Å². The summed E-state index contributed by atoms with van der Waals surface area (Å²) in [6.07, 6.45) is -11.6. The number of hydrogen-bond acceptors (Lipinski definition) is 2. The van der Waals surface area contributed by atoms with Gasteiger partial charge >= 0.3 is 12.4 Å². The predicted octanol–water partition coefficient (Wildman–Crippen LogP) is 7.71. The second-order valence-corrected chi connectivity index (χ2v) is 11.4. The maximum absolute atomic E-state index is 15.9. The number of hydrogen-bond donors (Lipinski definition) is 0. The van der Waals surface area contributed by atoms with Crippen molar-refractivity contribution in [2.75, 3.05) is 6.79 Å². The van der Waals surface area contributed by atoms with Crippen LogP contribution in [0.25, 0.3) is 0 Å². The molecule has 2 nitrogen and oxygen atoms in total. The molecule has 9 heteroatoms. The molecule has 8 atom stereocenters. The lowest BCUT2D eigenvalue weighted by Crippen LogP contribution is -2.63. The maximum atomic E-state index is 15.9. The largest absolute Gasteiger partial charge is 0.426 e. The van der Waals surface area contributed by atoms with Crippen molar-refractivity contribution < 1.29 is 40.2 Å². The topological polar surface area (TPSA) is 18.5 Å². The van der Waals surface area contributed by atoms with Gasteiger partial charge in [-0.25, -0.2) is 4.39 Å². The van der Waals surface area contributed by atoms with Crippen molar-refractivity contribution in [1.82, 2.24) is 0 Å². The SMILES string of the molecule is CC1CCC(C(C)C)C(OCOC(CC2(F)CC3CC2C(C)C3C)(C(F)(F)F)C(F)(F)F)C1. The molecule has 0 aromatic carbocycles. The fraction of sp³-hybridized carbons (Fsp3) is 1.00. The van der Waals surface area contributed by atoms with Gasteiger partial charge in [-0.15, -0.1) is 0 Å². The highest BCUT2D eigenvalue weighted by Crippen LogP contribution is 2.63. The smallest absolute Gasteiger partial charge is 0.352 e. The summed E-state index contributed by atoms with van der Waals surface area (Å²) in [7, 11) is 0. The Kier molecular flexibility index (Phi) is 7.48. The quantitative estimate of drug-likeness (QED) is 0.269. The van der Waals surface area contributed by atoms with Crippen LogP contribution in [0.5, 0.6) is 0 Å². The molecule has 3 rings (SSSR count). The van der Waals surface area contributed by atoms with Crippen LogP contribution < -0.4 is 0 Å². The van der Waals surface area contributed by atoms with Crippen molar-refractivity contribution in [1.29, 1.82) is 0 Å². The number of halogens is 7. The van der Waals surface area contributed by atoms with E-state index in [0.29, 0.717) is 12.8 Å². The van der Waals surface area contributed by atoms with E-state index in [1.807, 2.05) is 27.7 Å². The van der Waals surface area contributed by atoms with Crippen molar-refractivity contribution in [2.45, 2.75) is 103 Å². The van der Waals surface area contributed by atoms with Gasteiger partial charge in [-0.2, -0.15) is 26.3 Å². The molecule has 0 heterocycles. The van der Waals surface area contributed by atoms with E-state index in [1.165, 1.54) is 0 Å². The van der Waals surface area contributed by atoms with Gasteiger partial charge in [-0.3, -0.25) is 0 Å². The number of fused-ring (bicyclic) bond motifs is 2. The van der Waals surface area contributed by atoms with Crippen LogP contribution in [-0.4, -0.2) is 36.5 Å². The second-order valence-electron chi connectivity index (χ2n) is 11.4. The first kappa shape index (κ1) is 27.0. The van der Waals surface area contributed by atoms with Gasteiger partial charge in [-0.1, -0.05) is 41.0 Å². The summed E-state index contributed by atoms with van der Waals surface area (Å²) in [5, 5.41) is 0. The molecule has 8 unspecified atom stereocenters. The first-order valence-electron chi connectivity index (χ1n) is 12.1. The Morgan fingerprint density at radius 1 is 0.909 bits per heavy atom. The summed E-state index contributed by atoms with van der Waals surface area (Å²) in [5.74, 6) is -0.793. The zero-order valence-corrected chi connectivity index (χ0v) is 20.0. The minimum absolute atomic E-state index is 0.0244. The molecule has 0 radical (unpaired) electrons. The Morgan fingerprint density at radius 2 is 1.52 bits per heavy atom. The molecule has 3 saturated carbocycles. The van der Waals surface area contributed by atoms with Crippen molar-refractivity contribution in [3.8, 4) is 0 Å². The predicted molar refractivity (Wildman–Crippen MR) is 110 cm³/mol. The molecule has 0 aromatic heterocycles.